The van der Waals surface area contributed by atoms with Gasteiger partial charge in [0.25, 0.3) is 0 Å². The van der Waals surface area contributed by atoms with Gasteiger partial charge in [-0.2, -0.15) is 0 Å². The van der Waals surface area contributed by atoms with Crippen LogP contribution >= 0.6 is 12.2 Å². The maximum atomic E-state index is 4.78. The number of nitrogens with zero attached hydrogens (tertiary/aromatic N) is 3. The molecule has 12 heavy (non-hydrogen) atoms. The number of H-pyrrole nitrogens is 1. The Labute approximate surface area is 76.0 Å². The standard InChI is InChI=1S/C7H10N4S/c1-11(2)5-10-6-3-8-7(12)9-4-6/h3-5H,1-2H3,(H,8,9,12). The van der Waals surface area contributed by atoms with Crippen molar-refractivity contribution in [1.82, 2.24) is 14.9 Å². The van der Waals surface area contributed by atoms with Crippen LogP contribution in [0, 0.1) is 4.77 Å². The molecule has 0 aliphatic carbocycles. The van der Waals surface area contributed by atoms with Crippen LogP contribution in [-0.2, 0) is 0 Å². The maximum absolute atomic E-state index is 4.78. The molecule has 0 bridgehead atoms. The van der Waals surface area contributed by atoms with Gasteiger partial charge in [-0.15, -0.1) is 0 Å². The maximum Gasteiger partial charge on any atom is 0.196 e. The minimum atomic E-state index is 0.471. The van der Waals surface area contributed by atoms with E-state index in [0.717, 1.165) is 5.69 Å². The third-order valence-electron chi connectivity index (χ3n) is 1.10. The molecule has 0 saturated heterocycles. The van der Waals surface area contributed by atoms with E-state index in [-0.39, 0.29) is 0 Å². The van der Waals surface area contributed by atoms with E-state index in [1.54, 1.807) is 18.7 Å². The van der Waals surface area contributed by atoms with E-state index in [0.29, 0.717) is 4.77 Å². The van der Waals surface area contributed by atoms with E-state index < -0.39 is 0 Å². The minimum absolute atomic E-state index is 0.471. The smallest absolute Gasteiger partial charge is 0.196 e. The van der Waals surface area contributed by atoms with Crippen LogP contribution in [0.2, 0.25) is 0 Å². The van der Waals surface area contributed by atoms with Gasteiger partial charge in [-0.3, -0.25) is 0 Å². The molecular weight excluding hydrogens is 172 g/mol. The quantitative estimate of drug-likeness (QED) is 0.426. The van der Waals surface area contributed by atoms with Crippen molar-refractivity contribution in [3.8, 4) is 0 Å². The molecule has 4 nitrogen and oxygen atoms in total. The van der Waals surface area contributed by atoms with Gasteiger partial charge in [0.2, 0.25) is 0 Å². The second-order valence-electron chi connectivity index (χ2n) is 2.49. The first-order chi connectivity index (χ1) is 5.68. The van der Waals surface area contributed by atoms with Gasteiger partial charge in [-0.1, -0.05) is 0 Å². The largest absolute Gasteiger partial charge is 0.369 e. The number of hydrogen-bond acceptors (Lipinski definition) is 3. The predicted molar refractivity (Wildman–Crippen MR) is 51.3 cm³/mol. The third-order valence-corrected chi connectivity index (χ3v) is 1.32. The summed E-state index contributed by atoms with van der Waals surface area (Å²) in [7, 11) is 3.81. The fourth-order valence-electron chi connectivity index (χ4n) is 0.588. The van der Waals surface area contributed by atoms with E-state index in [4.69, 9.17) is 12.2 Å². The Balaban J connectivity index is 2.77. The Morgan fingerprint density at radius 1 is 1.67 bits per heavy atom. The molecule has 1 aromatic heterocycles. The van der Waals surface area contributed by atoms with Crippen LogP contribution in [0.5, 0.6) is 0 Å². The molecule has 0 unspecified atom stereocenters. The zero-order valence-electron chi connectivity index (χ0n) is 6.98. The van der Waals surface area contributed by atoms with Gasteiger partial charge in [0.05, 0.1) is 18.2 Å². The van der Waals surface area contributed by atoms with Crippen molar-refractivity contribution >= 4 is 24.2 Å². The van der Waals surface area contributed by atoms with Crippen molar-refractivity contribution in [3.05, 3.63) is 17.2 Å². The summed E-state index contributed by atoms with van der Waals surface area (Å²) in [5, 5.41) is 0. The average molecular weight is 182 g/mol. The van der Waals surface area contributed by atoms with E-state index in [9.17, 15) is 0 Å². The molecule has 0 aliphatic heterocycles. The summed E-state index contributed by atoms with van der Waals surface area (Å²) >= 11 is 4.78. The van der Waals surface area contributed by atoms with Gasteiger partial charge in [0, 0.05) is 20.3 Å². The van der Waals surface area contributed by atoms with Crippen molar-refractivity contribution < 1.29 is 0 Å². The molecule has 1 N–H and O–H groups in total. The Morgan fingerprint density at radius 3 is 2.92 bits per heavy atom. The molecular formula is C7H10N4S. The number of aliphatic imine (C=N–C) groups is 1. The van der Waals surface area contributed by atoms with Crippen LogP contribution in [0.1, 0.15) is 0 Å². The fourth-order valence-corrected chi connectivity index (χ4v) is 0.699. The molecule has 64 valence electrons. The Kier molecular flexibility index (Phi) is 2.93. The fraction of sp³-hybridized carbons (Fsp3) is 0.286. The van der Waals surface area contributed by atoms with E-state index in [2.05, 4.69) is 15.0 Å². The van der Waals surface area contributed by atoms with Crippen molar-refractivity contribution in [2.75, 3.05) is 14.1 Å². The summed E-state index contributed by atoms with van der Waals surface area (Å²) in [6.45, 7) is 0. The summed E-state index contributed by atoms with van der Waals surface area (Å²) in [6, 6.07) is 0. The molecule has 0 aromatic carbocycles. The highest BCUT2D eigenvalue weighted by molar-refractivity contribution is 7.71. The summed E-state index contributed by atoms with van der Waals surface area (Å²) < 4.78 is 0.471. The normalized spacial score (nSPS) is 10.5. The lowest BCUT2D eigenvalue weighted by molar-refractivity contribution is 0.643. The third kappa shape index (κ3) is 2.79. The molecule has 0 amide bonds. The van der Waals surface area contributed by atoms with Crippen LogP contribution in [0.4, 0.5) is 5.69 Å². The van der Waals surface area contributed by atoms with Gasteiger partial charge >= 0.3 is 0 Å². The van der Waals surface area contributed by atoms with Gasteiger partial charge in [-0.25, -0.2) is 9.98 Å². The molecule has 0 aliphatic rings. The second kappa shape index (κ2) is 3.96. The summed E-state index contributed by atoms with van der Waals surface area (Å²) in [5.41, 5.74) is 0.761. The lowest BCUT2D eigenvalue weighted by Gasteiger charge is -2.01. The Morgan fingerprint density at radius 2 is 2.42 bits per heavy atom. The van der Waals surface area contributed by atoms with Gasteiger partial charge in [-0.05, 0) is 12.2 Å². The molecule has 1 aromatic rings. The van der Waals surface area contributed by atoms with Crippen LogP contribution in [0.15, 0.2) is 17.4 Å². The summed E-state index contributed by atoms with van der Waals surface area (Å²) in [6.07, 6.45) is 5.04. The van der Waals surface area contributed by atoms with E-state index in [1.165, 1.54) is 0 Å². The zero-order chi connectivity index (χ0) is 8.97. The Bertz CT molecular complexity index is 308. The molecule has 0 radical (unpaired) electrons. The van der Waals surface area contributed by atoms with E-state index >= 15 is 0 Å². The highest BCUT2D eigenvalue weighted by Crippen LogP contribution is 2.04. The lowest BCUT2D eigenvalue weighted by Crippen LogP contribution is -2.06. The minimum Gasteiger partial charge on any atom is -0.369 e. The van der Waals surface area contributed by atoms with Crippen molar-refractivity contribution in [2.45, 2.75) is 0 Å². The molecule has 0 spiro atoms. The number of nitrogens with one attached hydrogen (secondary N) is 1. The Hall–Kier alpha value is -1.23. The first-order valence-electron chi connectivity index (χ1n) is 3.44. The van der Waals surface area contributed by atoms with Gasteiger partial charge in [0.15, 0.2) is 4.77 Å². The summed E-state index contributed by atoms with van der Waals surface area (Å²) in [5.74, 6) is 0. The number of rotatable bonds is 2. The van der Waals surface area contributed by atoms with Gasteiger partial charge in [0.1, 0.15) is 0 Å². The number of aromatic nitrogens is 2. The number of aromatic amines is 1. The average Bonchev–Trinajstić information content (AvgIpc) is 2.03. The summed E-state index contributed by atoms with van der Waals surface area (Å²) in [4.78, 5) is 12.6. The number of hydrogen-bond donors (Lipinski definition) is 1. The SMILES string of the molecule is CN(C)C=Nc1cnc(=S)[nH]c1. The molecule has 1 heterocycles. The van der Waals surface area contributed by atoms with Crippen molar-refractivity contribution in [3.63, 3.8) is 0 Å². The molecule has 0 atom stereocenters. The molecule has 0 fully saturated rings. The van der Waals surface area contributed by atoms with E-state index in [1.807, 2.05) is 19.0 Å². The first-order valence-corrected chi connectivity index (χ1v) is 3.84. The van der Waals surface area contributed by atoms with Crippen LogP contribution in [-0.4, -0.2) is 35.3 Å². The van der Waals surface area contributed by atoms with Gasteiger partial charge < -0.3 is 9.88 Å². The zero-order valence-corrected chi connectivity index (χ0v) is 7.80. The van der Waals surface area contributed by atoms with Crippen LogP contribution in [0.25, 0.3) is 0 Å². The van der Waals surface area contributed by atoms with Crippen molar-refractivity contribution in [1.29, 1.82) is 0 Å². The molecule has 0 saturated carbocycles. The van der Waals surface area contributed by atoms with Crippen LogP contribution in [0.3, 0.4) is 0 Å². The molecule has 5 heteroatoms. The topological polar surface area (TPSA) is 44.3 Å². The first kappa shape index (κ1) is 8.86. The molecule has 1 rings (SSSR count). The monoisotopic (exact) mass is 182 g/mol. The lowest BCUT2D eigenvalue weighted by atomic mass is 10.6. The van der Waals surface area contributed by atoms with Crippen molar-refractivity contribution in [2.24, 2.45) is 4.99 Å². The highest BCUT2D eigenvalue weighted by atomic mass is 32.1. The predicted octanol–water partition coefficient (Wildman–Crippen LogP) is 1.36. The van der Waals surface area contributed by atoms with Crippen LogP contribution < -0.4 is 0 Å². The second-order valence-corrected chi connectivity index (χ2v) is 2.87. The highest BCUT2D eigenvalue weighted by Gasteiger charge is 1.85.